The van der Waals surface area contributed by atoms with E-state index in [1.807, 2.05) is 0 Å². The van der Waals surface area contributed by atoms with Gasteiger partial charge in [0.25, 0.3) is 0 Å². The van der Waals surface area contributed by atoms with Gasteiger partial charge >= 0.3 is 0 Å². The zero-order valence-electron chi connectivity index (χ0n) is 56.3. The van der Waals surface area contributed by atoms with Crippen LogP contribution in [0, 0.1) is 0 Å². The second kappa shape index (κ2) is 37.5. The topological polar surface area (TPSA) is 709 Å². The molecule has 8 aliphatic heterocycles. The number of rotatable bonds is 27. The maximum absolute atomic E-state index is 13.3. The minimum absolute atomic E-state index is 0.796. The van der Waals surface area contributed by atoms with Gasteiger partial charge in [-0.05, 0) is 0 Å². The minimum Gasteiger partial charge on any atom is -0.394 e. The van der Waals surface area contributed by atoms with Crippen molar-refractivity contribution in [2.24, 2.45) is 0 Å². The van der Waals surface area contributed by atoms with E-state index in [0.717, 1.165) is 34.6 Å². The second-order valence-electron chi connectivity index (χ2n) is 26.1. The number of aliphatic hydroxyl groups excluding tert-OH is 21. The van der Waals surface area contributed by atoms with Gasteiger partial charge in [0.1, 0.15) is 195 Å². The van der Waals surface area contributed by atoms with Gasteiger partial charge in [-0.2, -0.15) is 0 Å². The summed E-state index contributed by atoms with van der Waals surface area (Å²) in [5.74, 6) is -4.40. The Morgan fingerprint density at radius 1 is 0.250 bits per heavy atom. The van der Waals surface area contributed by atoms with Crippen LogP contribution in [0.15, 0.2) is 0 Å². The Morgan fingerprint density at radius 2 is 0.519 bits per heavy atom. The minimum atomic E-state index is -2.49. The summed E-state index contributed by atoms with van der Waals surface area (Å²) >= 11 is 0. The van der Waals surface area contributed by atoms with Crippen LogP contribution in [0.1, 0.15) is 34.6 Å². The molecular weight excluding hydrogens is 1420 g/mol. The summed E-state index contributed by atoms with van der Waals surface area (Å²) in [7, 11) is 0. The molecule has 8 saturated heterocycles. The molecule has 46 heteroatoms. The molecule has 8 aliphatic rings. The molecule has 8 heterocycles. The second-order valence-corrected chi connectivity index (χ2v) is 26.1. The third-order valence-corrected chi connectivity index (χ3v) is 18.6. The maximum Gasteiger partial charge on any atom is 0.217 e. The summed E-state index contributed by atoms with van der Waals surface area (Å²) in [5.41, 5.74) is 0. The standard InChI is InChI=1S/C58H97N5O41/c1-14(71)59-27-38(82)32(76)19(6-64)92-53(27)103-49-36(80)23(10-68)95-57(43(49)87)102-48-31(63-18(5)75)55(93-22(9-67)35(48)79)104-50-37(81)26(13-90-52-28(60-15(2)72)39(83)45(24(11-69)96-52)99-56-42(86)41(85)33(77)20(7-65)94-56)98-58(44(50)88)100-46-25(12-70)97-54(29(40(46)84)61-16(3)73)101-47-30(62-17(4)74)51(89)91-21(8-66)34(47)78/h19-58,64-70,76-89H,6-13H2,1-5H3,(H,59,71)(H,60,72)(H,61,73)(H,62,74)(H,63,75)/t19-,20-,21-,22-,23-,24-,25-,26-,27-,28-,29-,30-,31-,32+,33+,34+,35-,36+,37+,38-,39+,40-,41+,42-,43-,44-,45-,46-,47-,48-,49+,50+,51+,52-,53-,54+,55+,56+,57+,58+/m1/s1. The summed E-state index contributed by atoms with van der Waals surface area (Å²) in [6.45, 7) is -3.48. The number of aliphatic hydroxyl groups is 21. The Bertz CT molecular complexity index is 2770. The van der Waals surface area contributed by atoms with E-state index < -0.39 is 328 Å². The molecule has 0 unspecified atom stereocenters. The molecule has 40 atom stereocenters. The molecular formula is C58H97N5O41. The van der Waals surface area contributed by atoms with Crippen LogP contribution < -0.4 is 26.6 Å². The number of amides is 5. The first-order valence-electron chi connectivity index (χ1n) is 33.1. The average Bonchev–Trinajstić information content (AvgIpc) is 0.773. The van der Waals surface area contributed by atoms with Crippen LogP contribution in [0.25, 0.3) is 0 Å². The van der Waals surface area contributed by atoms with Crippen molar-refractivity contribution in [2.75, 3.05) is 52.9 Å². The Balaban J connectivity index is 1.13. The number of nitrogens with one attached hydrogen (secondary N) is 5. The first-order chi connectivity index (χ1) is 49.2. The molecule has 5 amide bonds. The highest BCUT2D eigenvalue weighted by Crippen LogP contribution is 2.39. The third-order valence-electron chi connectivity index (χ3n) is 18.6. The first-order valence-corrected chi connectivity index (χ1v) is 33.1. The van der Waals surface area contributed by atoms with Crippen LogP contribution in [0.5, 0.6) is 0 Å². The SMILES string of the molecule is CC(=O)N[C@@H]1[C@@H](O[C@@H]2O[C@H](CO)[C@@H](O[C@@H]3O[C@H](CO[C@@H]4O[C@H](CO)[C@@H](O[C@@H]5O[C@H](CO)[C@H](O)[C@H](O)[C@H]5O)[C@@H](O)[C@H]4NC(C)=O)[C@H](O)[C@H](O[C@@H]4O[C@H](CO)[C@@H](O)[C@H](O[C@@H]5O[C@H](CO)[C@H](O)[C@H](O[C@H]6O[C@H](CO)[C@H](O)[C@H](O)[C@H]6NC(C)=O)[C@H]5O)[C@H]4NC(C)=O)[C@H]3O)[C@H](O)[C@H]2NC(C)=O)[C@@H](O)[C@@H](CO)O[C@@H]1O. The fourth-order valence-corrected chi connectivity index (χ4v) is 13.4. The lowest BCUT2D eigenvalue weighted by molar-refractivity contribution is -0.386. The molecule has 0 saturated carbocycles. The van der Waals surface area contributed by atoms with E-state index in [4.69, 9.17) is 71.1 Å². The smallest absolute Gasteiger partial charge is 0.217 e. The zero-order chi connectivity index (χ0) is 76.8. The lowest BCUT2D eigenvalue weighted by Gasteiger charge is -2.51. The largest absolute Gasteiger partial charge is 0.394 e. The Hall–Kier alpha value is -4.09. The lowest BCUT2D eigenvalue weighted by atomic mass is 9.93. The molecule has 26 N–H and O–H groups in total. The number of carbonyl (C=O) groups excluding carboxylic acids is 5. The molecule has 0 aliphatic carbocycles. The van der Waals surface area contributed by atoms with Gasteiger partial charge in [0.05, 0.1) is 52.9 Å². The van der Waals surface area contributed by atoms with E-state index in [1.165, 1.54) is 0 Å². The molecule has 0 aromatic rings. The molecule has 0 bridgehead atoms. The van der Waals surface area contributed by atoms with Crippen LogP contribution in [0.2, 0.25) is 0 Å². The van der Waals surface area contributed by atoms with E-state index in [2.05, 4.69) is 26.6 Å². The summed E-state index contributed by atoms with van der Waals surface area (Å²) in [6, 6.07) is -9.03. The Morgan fingerprint density at radius 3 is 0.952 bits per heavy atom. The Kier molecular flexibility index (Phi) is 30.9. The molecule has 0 radical (unpaired) electrons. The van der Waals surface area contributed by atoms with E-state index in [1.54, 1.807) is 0 Å². The van der Waals surface area contributed by atoms with Gasteiger partial charge < -0.3 is 205 Å². The zero-order valence-corrected chi connectivity index (χ0v) is 56.3. The Labute approximate surface area is 589 Å². The van der Waals surface area contributed by atoms with Crippen molar-refractivity contribution in [3.8, 4) is 0 Å². The van der Waals surface area contributed by atoms with Crippen LogP contribution in [0.3, 0.4) is 0 Å². The van der Waals surface area contributed by atoms with Gasteiger partial charge in [0.15, 0.2) is 50.3 Å². The number of carbonyl (C=O) groups is 5. The monoisotopic (exact) mass is 1520 g/mol. The van der Waals surface area contributed by atoms with Crippen molar-refractivity contribution < 1.29 is 202 Å². The predicted molar refractivity (Wildman–Crippen MR) is 322 cm³/mol. The maximum atomic E-state index is 13.3. The summed E-state index contributed by atoms with van der Waals surface area (Å²) < 4.78 is 88.7. The van der Waals surface area contributed by atoms with Gasteiger partial charge in [0, 0.05) is 34.6 Å². The molecule has 600 valence electrons. The molecule has 8 rings (SSSR count). The van der Waals surface area contributed by atoms with Gasteiger partial charge in [-0.25, -0.2) is 0 Å². The first kappa shape index (κ1) is 85.5. The van der Waals surface area contributed by atoms with Crippen molar-refractivity contribution >= 4 is 29.5 Å². The van der Waals surface area contributed by atoms with Gasteiger partial charge in [-0.15, -0.1) is 0 Å². The summed E-state index contributed by atoms with van der Waals surface area (Å²) in [6.07, 6.45) is -70.4. The predicted octanol–water partition coefficient (Wildman–Crippen LogP) is -17.7. The third kappa shape index (κ3) is 19.2. The van der Waals surface area contributed by atoms with Crippen LogP contribution in [0.4, 0.5) is 0 Å². The van der Waals surface area contributed by atoms with Gasteiger partial charge in [-0.3, -0.25) is 24.0 Å². The van der Waals surface area contributed by atoms with Crippen LogP contribution in [-0.2, 0) is 95.0 Å². The fraction of sp³-hybridized carbons (Fsp3) is 0.914. The van der Waals surface area contributed by atoms with Crippen LogP contribution in [-0.4, -0.2) is 435 Å². The molecule has 104 heavy (non-hydrogen) atoms. The summed E-state index contributed by atoms with van der Waals surface area (Å²) in [4.78, 5) is 63.7. The highest BCUT2D eigenvalue weighted by molar-refractivity contribution is 5.75. The quantitative estimate of drug-likeness (QED) is 0.0363. The van der Waals surface area contributed by atoms with Gasteiger partial charge in [-0.1, -0.05) is 0 Å². The number of ether oxygens (including phenoxy) is 15. The lowest BCUT2D eigenvalue weighted by Crippen LogP contribution is -2.71. The van der Waals surface area contributed by atoms with E-state index in [-0.39, 0.29) is 0 Å². The fourth-order valence-electron chi connectivity index (χ4n) is 13.4. The van der Waals surface area contributed by atoms with Crippen molar-refractivity contribution in [3.63, 3.8) is 0 Å². The number of hydrogen-bond acceptors (Lipinski definition) is 41. The molecule has 0 aromatic heterocycles. The normalized spacial score (nSPS) is 47.2. The van der Waals surface area contributed by atoms with Gasteiger partial charge in [0.2, 0.25) is 29.5 Å². The van der Waals surface area contributed by atoms with Crippen molar-refractivity contribution in [3.05, 3.63) is 0 Å². The van der Waals surface area contributed by atoms with E-state index in [9.17, 15) is 131 Å². The van der Waals surface area contributed by atoms with E-state index >= 15 is 0 Å². The average molecular weight is 1520 g/mol. The molecule has 0 spiro atoms. The van der Waals surface area contributed by atoms with Crippen molar-refractivity contribution in [2.45, 2.75) is 280 Å². The summed E-state index contributed by atoms with van der Waals surface area (Å²) in [5, 5.41) is 245. The van der Waals surface area contributed by atoms with Crippen molar-refractivity contribution in [1.82, 2.24) is 26.6 Å². The van der Waals surface area contributed by atoms with Crippen LogP contribution >= 0.6 is 0 Å². The number of hydrogen-bond donors (Lipinski definition) is 26. The van der Waals surface area contributed by atoms with E-state index in [0.29, 0.717) is 0 Å². The van der Waals surface area contributed by atoms with Crippen molar-refractivity contribution in [1.29, 1.82) is 0 Å². The molecule has 0 aromatic carbocycles. The highest BCUT2D eigenvalue weighted by Gasteiger charge is 2.60. The highest BCUT2D eigenvalue weighted by atomic mass is 16.8. The molecule has 46 nitrogen and oxygen atoms in total. The molecule has 8 fully saturated rings.